The molecule has 1 saturated carbocycles. The monoisotopic (exact) mass is 279 g/mol. The van der Waals surface area contributed by atoms with E-state index in [1.807, 2.05) is 0 Å². The standard InChI is InChI=1S/C16H29N3O/c1-3-14-16(20)19(11-12-8-9-18(2)10-12)15(17-14)13-6-4-5-7-13/h12-15,17H,3-11H2,1-2H3. The van der Waals surface area contributed by atoms with E-state index >= 15 is 0 Å². The Morgan fingerprint density at radius 1 is 1.25 bits per heavy atom. The lowest BCUT2D eigenvalue weighted by molar-refractivity contribution is -0.131. The first kappa shape index (κ1) is 14.3. The molecule has 0 aromatic carbocycles. The molecule has 0 aromatic rings. The summed E-state index contributed by atoms with van der Waals surface area (Å²) < 4.78 is 0. The summed E-state index contributed by atoms with van der Waals surface area (Å²) in [5.74, 6) is 1.72. The van der Waals surface area contributed by atoms with E-state index < -0.39 is 0 Å². The third-order valence-corrected chi connectivity index (χ3v) is 5.49. The number of hydrogen-bond donors (Lipinski definition) is 1. The Kier molecular flexibility index (Phi) is 4.32. The number of rotatable bonds is 4. The minimum Gasteiger partial charge on any atom is -0.325 e. The number of likely N-dealkylation sites (tertiary alicyclic amines) is 1. The zero-order valence-electron chi connectivity index (χ0n) is 13.0. The predicted molar refractivity (Wildman–Crippen MR) is 80.3 cm³/mol. The van der Waals surface area contributed by atoms with Gasteiger partial charge in [-0.3, -0.25) is 10.1 Å². The van der Waals surface area contributed by atoms with Crippen LogP contribution in [0.2, 0.25) is 0 Å². The Labute approximate surface area is 122 Å². The average Bonchev–Trinajstić information content (AvgIpc) is 3.13. The lowest BCUT2D eigenvalue weighted by Gasteiger charge is -2.31. The van der Waals surface area contributed by atoms with Crippen LogP contribution in [0.3, 0.4) is 0 Å². The summed E-state index contributed by atoms with van der Waals surface area (Å²) in [5, 5.41) is 3.63. The number of hydrogen-bond acceptors (Lipinski definition) is 3. The fourth-order valence-corrected chi connectivity index (χ4v) is 4.32. The van der Waals surface area contributed by atoms with Gasteiger partial charge in [-0.1, -0.05) is 19.8 Å². The number of carbonyl (C=O) groups excluding carboxylic acids is 1. The summed E-state index contributed by atoms with van der Waals surface area (Å²) in [6.45, 7) is 5.42. The van der Waals surface area contributed by atoms with Crippen LogP contribution < -0.4 is 5.32 Å². The van der Waals surface area contributed by atoms with Crippen LogP contribution in [0.15, 0.2) is 0 Å². The van der Waals surface area contributed by atoms with Gasteiger partial charge in [0.2, 0.25) is 5.91 Å². The quantitative estimate of drug-likeness (QED) is 0.850. The van der Waals surface area contributed by atoms with E-state index in [-0.39, 0.29) is 6.04 Å². The predicted octanol–water partition coefficient (Wildman–Crippen LogP) is 1.66. The van der Waals surface area contributed by atoms with Gasteiger partial charge in [0.05, 0.1) is 12.2 Å². The van der Waals surface area contributed by atoms with Crippen molar-refractivity contribution >= 4 is 5.91 Å². The summed E-state index contributed by atoms with van der Waals surface area (Å²) in [6.07, 6.45) is 7.75. The Morgan fingerprint density at radius 3 is 2.60 bits per heavy atom. The highest BCUT2D eigenvalue weighted by atomic mass is 16.2. The Balaban J connectivity index is 1.68. The smallest absolute Gasteiger partial charge is 0.241 e. The second kappa shape index (κ2) is 6.02. The van der Waals surface area contributed by atoms with E-state index in [0.29, 0.717) is 23.9 Å². The van der Waals surface area contributed by atoms with Crippen molar-refractivity contribution in [2.75, 3.05) is 26.7 Å². The molecule has 114 valence electrons. The molecule has 1 amide bonds. The van der Waals surface area contributed by atoms with Gasteiger partial charge in [-0.05, 0) is 51.1 Å². The van der Waals surface area contributed by atoms with Crippen LogP contribution in [0.5, 0.6) is 0 Å². The number of amides is 1. The molecule has 1 N–H and O–H groups in total. The molecule has 1 aliphatic carbocycles. The van der Waals surface area contributed by atoms with Gasteiger partial charge in [0.25, 0.3) is 0 Å². The number of nitrogens with zero attached hydrogens (tertiary/aromatic N) is 2. The Bertz CT molecular complexity index is 354. The molecule has 0 aromatic heterocycles. The van der Waals surface area contributed by atoms with E-state index in [2.05, 4.69) is 29.1 Å². The molecule has 4 nitrogen and oxygen atoms in total. The maximum atomic E-state index is 12.6. The summed E-state index contributed by atoms with van der Waals surface area (Å²) in [4.78, 5) is 17.2. The van der Waals surface area contributed by atoms with Crippen LogP contribution in [-0.2, 0) is 4.79 Å². The maximum absolute atomic E-state index is 12.6. The molecule has 20 heavy (non-hydrogen) atoms. The van der Waals surface area contributed by atoms with Crippen molar-refractivity contribution in [3.8, 4) is 0 Å². The number of carbonyl (C=O) groups is 1. The molecule has 0 radical (unpaired) electrons. The van der Waals surface area contributed by atoms with Crippen LogP contribution in [0.1, 0.15) is 45.4 Å². The largest absolute Gasteiger partial charge is 0.325 e. The molecular formula is C16H29N3O. The third-order valence-electron chi connectivity index (χ3n) is 5.49. The molecular weight excluding hydrogens is 250 g/mol. The maximum Gasteiger partial charge on any atom is 0.241 e. The highest BCUT2D eigenvalue weighted by Crippen LogP contribution is 2.33. The van der Waals surface area contributed by atoms with Crippen molar-refractivity contribution in [3.63, 3.8) is 0 Å². The fourth-order valence-electron chi connectivity index (χ4n) is 4.32. The van der Waals surface area contributed by atoms with Gasteiger partial charge < -0.3 is 9.80 Å². The summed E-state index contributed by atoms with van der Waals surface area (Å²) in [7, 11) is 2.19. The Morgan fingerprint density at radius 2 is 2.00 bits per heavy atom. The van der Waals surface area contributed by atoms with Crippen molar-refractivity contribution in [1.29, 1.82) is 0 Å². The van der Waals surface area contributed by atoms with Crippen LogP contribution in [0, 0.1) is 11.8 Å². The summed E-state index contributed by atoms with van der Waals surface area (Å²) in [6, 6.07) is 0.0692. The first-order valence-corrected chi connectivity index (χ1v) is 8.44. The normalized spacial score (nSPS) is 36.4. The zero-order chi connectivity index (χ0) is 14.1. The summed E-state index contributed by atoms with van der Waals surface area (Å²) >= 11 is 0. The van der Waals surface area contributed by atoms with Crippen LogP contribution in [-0.4, -0.2) is 54.6 Å². The summed E-state index contributed by atoms with van der Waals surface area (Å²) in [5.41, 5.74) is 0. The second-order valence-corrected chi connectivity index (χ2v) is 7.02. The van der Waals surface area contributed by atoms with Crippen molar-refractivity contribution < 1.29 is 4.79 Å². The molecule has 3 rings (SSSR count). The Hall–Kier alpha value is -0.610. The average molecular weight is 279 g/mol. The van der Waals surface area contributed by atoms with Gasteiger partial charge in [-0.2, -0.15) is 0 Å². The van der Waals surface area contributed by atoms with Gasteiger partial charge in [-0.25, -0.2) is 0 Å². The zero-order valence-corrected chi connectivity index (χ0v) is 13.0. The van der Waals surface area contributed by atoms with E-state index in [0.717, 1.165) is 19.5 Å². The molecule has 0 bridgehead atoms. The molecule has 3 fully saturated rings. The molecule has 2 saturated heterocycles. The first-order valence-electron chi connectivity index (χ1n) is 8.44. The van der Waals surface area contributed by atoms with Crippen molar-refractivity contribution in [3.05, 3.63) is 0 Å². The first-order chi connectivity index (χ1) is 9.69. The van der Waals surface area contributed by atoms with E-state index in [9.17, 15) is 4.79 Å². The molecule has 3 unspecified atom stereocenters. The van der Waals surface area contributed by atoms with Crippen molar-refractivity contribution in [2.45, 2.75) is 57.7 Å². The van der Waals surface area contributed by atoms with E-state index in [4.69, 9.17) is 0 Å². The van der Waals surface area contributed by atoms with Crippen LogP contribution in [0.4, 0.5) is 0 Å². The highest BCUT2D eigenvalue weighted by Gasteiger charge is 2.43. The van der Waals surface area contributed by atoms with Gasteiger partial charge in [-0.15, -0.1) is 0 Å². The van der Waals surface area contributed by atoms with Gasteiger partial charge >= 0.3 is 0 Å². The molecule has 2 heterocycles. The van der Waals surface area contributed by atoms with Crippen LogP contribution in [0.25, 0.3) is 0 Å². The minimum atomic E-state index is 0.0692. The van der Waals surface area contributed by atoms with Crippen molar-refractivity contribution in [2.24, 2.45) is 11.8 Å². The lowest BCUT2D eigenvalue weighted by Crippen LogP contribution is -2.45. The molecule has 2 aliphatic heterocycles. The molecule has 4 heteroatoms. The van der Waals surface area contributed by atoms with E-state index in [1.165, 1.54) is 38.6 Å². The van der Waals surface area contributed by atoms with Gasteiger partial charge in [0.1, 0.15) is 0 Å². The molecule has 3 atom stereocenters. The third kappa shape index (κ3) is 2.73. The minimum absolute atomic E-state index is 0.0692. The van der Waals surface area contributed by atoms with Crippen molar-refractivity contribution in [1.82, 2.24) is 15.1 Å². The second-order valence-electron chi connectivity index (χ2n) is 7.02. The molecule has 3 aliphatic rings. The number of nitrogens with one attached hydrogen (secondary N) is 1. The fraction of sp³-hybridized carbons (Fsp3) is 0.938. The highest BCUT2D eigenvalue weighted by molar-refractivity contribution is 5.84. The topological polar surface area (TPSA) is 35.6 Å². The van der Waals surface area contributed by atoms with Crippen LogP contribution >= 0.6 is 0 Å². The SMILES string of the molecule is CCC1NC(C2CCCC2)N(CC2CCN(C)C2)C1=O. The van der Waals surface area contributed by atoms with Gasteiger partial charge in [0.15, 0.2) is 0 Å². The lowest BCUT2D eigenvalue weighted by atomic mass is 10.0. The molecule has 0 spiro atoms. The van der Waals surface area contributed by atoms with Gasteiger partial charge in [0, 0.05) is 13.1 Å². The van der Waals surface area contributed by atoms with E-state index in [1.54, 1.807) is 0 Å².